The van der Waals surface area contributed by atoms with E-state index in [2.05, 4.69) is 27.8 Å². The zero-order valence-electron chi connectivity index (χ0n) is 13.2. The van der Waals surface area contributed by atoms with Crippen molar-refractivity contribution in [2.75, 3.05) is 0 Å². The molecule has 1 aliphatic heterocycles. The number of aromatic amines is 1. The largest absolute Gasteiger partial charge is 0.346 e. The highest BCUT2D eigenvalue weighted by Gasteiger charge is 2.29. The summed E-state index contributed by atoms with van der Waals surface area (Å²) in [5, 5.41) is 10.3. The molecular weight excluding hydrogens is 288 g/mol. The number of aromatic nitrogens is 1. The molecule has 6 heteroatoms. The Labute approximate surface area is 136 Å². The van der Waals surface area contributed by atoms with Gasteiger partial charge in [0, 0.05) is 24.1 Å². The molecule has 2 aliphatic rings. The van der Waals surface area contributed by atoms with E-state index in [1.807, 2.05) is 12.3 Å². The van der Waals surface area contributed by atoms with Crippen molar-refractivity contribution in [3.63, 3.8) is 0 Å². The van der Waals surface area contributed by atoms with Crippen LogP contribution in [0.25, 0.3) is 5.70 Å². The lowest BCUT2D eigenvalue weighted by Gasteiger charge is -2.31. The van der Waals surface area contributed by atoms with Crippen molar-refractivity contribution >= 4 is 24.6 Å². The van der Waals surface area contributed by atoms with Crippen molar-refractivity contribution in [2.45, 2.75) is 38.5 Å². The van der Waals surface area contributed by atoms with Crippen molar-refractivity contribution < 1.29 is 0 Å². The van der Waals surface area contributed by atoms with Gasteiger partial charge in [-0.05, 0) is 50.8 Å². The molecule has 6 nitrogen and oxygen atoms in total. The minimum Gasteiger partial charge on any atom is -0.346 e. The van der Waals surface area contributed by atoms with Crippen molar-refractivity contribution in [1.82, 2.24) is 9.99 Å². The number of hydrazine groups is 1. The van der Waals surface area contributed by atoms with Crippen LogP contribution in [0.15, 0.2) is 27.9 Å². The smallest absolute Gasteiger partial charge is 0.141 e. The van der Waals surface area contributed by atoms with Gasteiger partial charge in [-0.1, -0.05) is 0 Å². The van der Waals surface area contributed by atoms with E-state index >= 15 is 0 Å². The number of hydrogen-bond donors (Lipinski definition) is 2. The molecule has 3 N–H and O–H groups in total. The minimum atomic E-state index is 0.362. The highest BCUT2D eigenvalue weighted by atomic mass is 15.4. The number of allylic oxidation sites excluding steroid dienone is 1. The van der Waals surface area contributed by atoms with Crippen LogP contribution >= 0.6 is 0 Å². The molecule has 23 heavy (non-hydrogen) atoms. The maximum Gasteiger partial charge on any atom is 0.141 e. The zero-order valence-corrected chi connectivity index (χ0v) is 13.2. The van der Waals surface area contributed by atoms with Crippen LogP contribution in [0.4, 0.5) is 5.82 Å². The second kappa shape index (κ2) is 6.80. The molecule has 0 aromatic carbocycles. The van der Waals surface area contributed by atoms with E-state index in [9.17, 15) is 0 Å². The Bertz CT molecular complexity index is 670. The second-order valence-corrected chi connectivity index (χ2v) is 6.20. The average Bonchev–Trinajstić information content (AvgIpc) is 3.05. The third-order valence-corrected chi connectivity index (χ3v) is 4.86. The van der Waals surface area contributed by atoms with Crippen molar-refractivity contribution in [3.8, 4) is 6.07 Å². The molecule has 0 radical (unpaired) electrons. The zero-order chi connectivity index (χ0) is 16.2. The van der Waals surface area contributed by atoms with E-state index in [-0.39, 0.29) is 0 Å². The molecule has 120 valence electrons. The molecule has 0 saturated heterocycles. The fraction of sp³-hybridized carbons (Fsp3) is 0.471. The Morgan fingerprint density at radius 3 is 2.96 bits per heavy atom. The Balaban J connectivity index is 1.82. The van der Waals surface area contributed by atoms with Crippen LogP contribution in [-0.2, 0) is 0 Å². The van der Waals surface area contributed by atoms with Gasteiger partial charge in [0.25, 0.3) is 0 Å². The fourth-order valence-corrected chi connectivity index (χ4v) is 3.64. The van der Waals surface area contributed by atoms with E-state index in [0.29, 0.717) is 18.3 Å². The Hall–Kier alpha value is -2.39. The fourth-order valence-electron chi connectivity index (χ4n) is 3.64. The molecule has 1 aliphatic carbocycles. The van der Waals surface area contributed by atoms with Gasteiger partial charge in [-0.2, -0.15) is 5.26 Å². The van der Waals surface area contributed by atoms with Crippen LogP contribution < -0.4 is 5.84 Å². The summed E-state index contributed by atoms with van der Waals surface area (Å²) < 4.78 is 0. The second-order valence-electron chi connectivity index (χ2n) is 6.20. The summed E-state index contributed by atoms with van der Waals surface area (Å²) in [5.41, 5.74) is 2.83. The molecule has 0 amide bonds. The summed E-state index contributed by atoms with van der Waals surface area (Å²) in [6.45, 7) is 3.78. The van der Waals surface area contributed by atoms with Crippen LogP contribution in [0.3, 0.4) is 0 Å². The molecule has 2 heterocycles. The summed E-state index contributed by atoms with van der Waals surface area (Å²) in [7, 11) is 0. The number of nitrogens with zero attached hydrogens (tertiary/aromatic N) is 4. The third-order valence-electron chi connectivity index (χ3n) is 4.86. The number of H-pyrrole nitrogens is 1. The number of nitrogens with one attached hydrogen (secondary N) is 1. The van der Waals surface area contributed by atoms with Crippen LogP contribution in [0.2, 0.25) is 0 Å². The molecule has 1 saturated carbocycles. The topological polar surface area (TPSA) is 93.6 Å². The maximum absolute atomic E-state index is 8.73. The summed E-state index contributed by atoms with van der Waals surface area (Å²) >= 11 is 0. The molecule has 1 aromatic heterocycles. The van der Waals surface area contributed by atoms with Gasteiger partial charge < -0.3 is 4.98 Å². The Morgan fingerprint density at radius 2 is 2.26 bits per heavy atom. The SMILES string of the molecule is C=N/C(=C1/c2cc[nH]c2N=CN1N)C1CCC(CCC#N)CC1. The van der Waals surface area contributed by atoms with E-state index in [1.54, 1.807) is 11.3 Å². The number of fused-ring (bicyclic) bond motifs is 1. The monoisotopic (exact) mass is 310 g/mol. The van der Waals surface area contributed by atoms with E-state index < -0.39 is 0 Å². The highest BCUT2D eigenvalue weighted by molar-refractivity contribution is 5.87. The lowest BCUT2D eigenvalue weighted by molar-refractivity contribution is 0.288. The van der Waals surface area contributed by atoms with Gasteiger partial charge in [-0.3, -0.25) is 10.0 Å². The van der Waals surface area contributed by atoms with Gasteiger partial charge in [0.05, 0.1) is 17.5 Å². The predicted octanol–water partition coefficient (Wildman–Crippen LogP) is 3.34. The lowest BCUT2D eigenvalue weighted by atomic mass is 9.78. The minimum absolute atomic E-state index is 0.362. The molecule has 1 aromatic rings. The molecule has 3 rings (SSSR count). The molecule has 0 atom stereocenters. The van der Waals surface area contributed by atoms with Crippen LogP contribution in [0.1, 0.15) is 44.1 Å². The first-order chi connectivity index (χ1) is 11.2. The molecule has 1 fully saturated rings. The number of hydrogen-bond acceptors (Lipinski definition) is 5. The van der Waals surface area contributed by atoms with E-state index in [0.717, 1.165) is 54.9 Å². The third kappa shape index (κ3) is 3.06. The van der Waals surface area contributed by atoms with Gasteiger partial charge in [0.2, 0.25) is 0 Å². The van der Waals surface area contributed by atoms with Gasteiger partial charge in [-0.15, -0.1) is 0 Å². The molecule has 0 unspecified atom stereocenters. The molecule has 0 bridgehead atoms. The van der Waals surface area contributed by atoms with Crippen LogP contribution in [0, 0.1) is 23.2 Å². The van der Waals surface area contributed by atoms with Crippen molar-refractivity contribution in [3.05, 3.63) is 23.5 Å². The van der Waals surface area contributed by atoms with E-state index in [1.165, 1.54) is 0 Å². The maximum atomic E-state index is 8.73. The normalized spacial score (nSPS) is 25.7. The first-order valence-electron chi connectivity index (χ1n) is 8.08. The lowest BCUT2D eigenvalue weighted by Crippen LogP contribution is -2.31. The first kappa shape index (κ1) is 15.5. The van der Waals surface area contributed by atoms with E-state index in [4.69, 9.17) is 11.1 Å². The average molecular weight is 310 g/mol. The first-order valence-corrected chi connectivity index (χ1v) is 8.08. The summed E-state index contributed by atoms with van der Waals surface area (Å²) in [4.78, 5) is 11.7. The molecule has 0 spiro atoms. The summed E-state index contributed by atoms with van der Waals surface area (Å²) in [5.74, 6) is 7.95. The number of aliphatic imine (C=N–C) groups is 2. The molecular formula is C17H22N6. The van der Waals surface area contributed by atoms with Crippen LogP contribution in [0.5, 0.6) is 0 Å². The quantitative estimate of drug-likeness (QED) is 0.659. The van der Waals surface area contributed by atoms with Crippen molar-refractivity contribution in [1.29, 1.82) is 5.26 Å². The highest BCUT2D eigenvalue weighted by Crippen LogP contribution is 2.41. The number of nitriles is 1. The Kier molecular flexibility index (Phi) is 4.58. The van der Waals surface area contributed by atoms with Crippen molar-refractivity contribution in [2.24, 2.45) is 27.7 Å². The number of nitrogens with two attached hydrogens (primary N) is 1. The summed E-state index contributed by atoms with van der Waals surface area (Å²) in [6.07, 6.45) is 9.54. The standard InChI is InChI=1S/C17H22N6/c1-20-15(13-6-4-12(5-7-13)3-2-9-18)16-14-8-10-21-17(14)22-11-23(16)19/h8,10-13,21H,1-7,19H2/b16-15-. The van der Waals surface area contributed by atoms with Gasteiger partial charge in [0.15, 0.2) is 0 Å². The van der Waals surface area contributed by atoms with Gasteiger partial charge in [-0.25, -0.2) is 10.8 Å². The van der Waals surface area contributed by atoms with Crippen LogP contribution in [-0.4, -0.2) is 23.0 Å². The summed E-state index contributed by atoms with van der Waals surface area (Å²) in [6, 6.07) is 4.22. The predicted molar refractivity (Wildman–Crippen MR) is 91.7 cm³/mol. The number of rotatable bonds is 4. The van der Waals surface area contributed by atoms with Gasteiger partial charge in [0.1, 0.15) is 12.2 Å². The Morgan fingerprint density at radius 1 is 1.48 bits per heavy atom. The van der Waals surface area contributed by atoms with Gasteiger partial charge >= 0.3 is 0 Å².